The molecule has 16 heteroatoms. The Labute approximate surface area is 249 Å². The Morgan fingerprint density at radius 3 is 1.93 bits per heavy atom. The van der Waals surface area contributed by atoms with E-state index in [1.165, 1.54) is 0 Å². The van der Waals surface area contributed by atoms with E-state index in [1.807, 2.05) is 78.9 Å². The number of rotatable bonds is 7. The molecule has 3 heterocycles. The first kappa shape index (κ1) is 33.8. The Bertz CT molecular complexity index is 1640. The smallest absolute Gasteiger partial charge is 0.489 e. The number of hydrogen-bond acceptors (Lipinski definition) is 7. The molecule has 10 nitrogen and oxygen atoms in total. The highest BCUT2D eigenvalue weighted by atomic mass is 19.4. The van der Waals surface area contributed by atoms with Crippen LogP contribution in [-0.4, -0.2) is 54.4 Å². The van der Waals surface area contributed by atoms with E-state index in [1.54, 1.807) is 12.4 Å². The number of fused-ring (bicyclic) bond motifs is 1. The van der Waals surface area contributed by atoms with E-state index in [9.17, 15) is 26.3 Å². The number of H-pyrrole nitrogens is 1. The number of aromatic nitrogens is 4. The summed E-state index contributed by atoms with van der Waals surface area (Å²) in [5.74, 6) is -3.41. The molecule has 45 heavy (non-hydrogen) atoms. The summed E-state index contributed by atoms with van der Waals surface area (Å²) in [6.07, 6.45) is -6.67. The number of halogens is 6. The maximum Gasteiger partial charge on any atom is 0.490 e. The largest absolute Gasteiger partial charge is 0.490 e. The fourth-order valence-corrected chi connectivity index (χ4v) is 3.26. The van der Waals surface area contributed by atoms with Gasteiger partial charge >= 0.3 is 24.3 Å². The maximum atomic E-state index is 10.6. The van der Waals surface area contributed by atoms with Gasteiger partial charge in [0.1, 0.15) is 36.1 Å². The number of benzene rings is 2. The number of nitrogens with one attached hydrogen (secondary N) is 1. The molecule has 0 spiro atoms. The molecule has 0 saturated carbocycles. The average molecular weight is 637 g/mol. The molecule has 236 valence electrons. The summed E-state index contributed by atoms with van der Waals surface area (Å²) in [6.45, 7) is 0.840. The van der Waals surface area contributed by atoms with E-state index in [0.29, 0.717) is 24.8 Å². The number of ether oxygens (including phenoxy) is 2. The minimum Gasteiger partial charge on any atom is -0.489 e. The highest BCUT2D eigenvalue weighted by Crippen LogP contribution is 2.33. The van der Waals surface area contributed by atoms with E-state index >= 15 is 0 Å². The Morgan fingerprint density at radius 1 is 0.733 bits per heavy atom. The van der Waals surface area contributed by atoms with Gasteiger partial charge in [-0.2, -0.15) is 26.3 Å². The number of imidazole rings is 1. The van der Waals surface area contributed by atoms with Crippen molar-refractivity contribution >= 4 is 23.1 Å². The van der Waals surface area contributed by atoms with Crippen LogP contribution in [0, 0.1) is 0 Å². The number of aromatic amines is 1. The van der Waals surface area contributed by atoms with Crippen LogP contribution >= 0.6 is 0 Å². The van der Waals surface area contributed by atoms with Crippen molar-refractivity contribution in [1.29, 1.82) is 0 Å². The van der Waals surface area contributed by atoms with E-state index in [-0.39, 0.29) is 0 Å². The number of carboxylic acid groups (broad SMARTS) is 2. The lowest BCUT2D eigenvalue weighted by atomic mass is 10.1. The summed E-state index contributed by atoms with van der Waals surface area (Å²) in [4.78, 5) is 34.4. The molecule has 5 aromatic rings. The standard InChI is InChI=1S/C25H20N4O2.2C2HF3O2/c1-2-7-18(8-3-1)16-30-20-11-12-23(31-17-19-9-4-5-13-26-19)21(15-20)24-28-22-10-6-14-27-25(22)29-24;2*3-2(4,5)1(6)7/h1-15H,16-17H2,(H,27,28,29);2*(H,6,7). The molecule has 0 saturated heterocycles. The van der Waals surface area contributed by atoms with Crippen LogP contribution in [0.4, 0.5) is 26.3 Å². The van der Waals surface area contributed by atoms with Gasteiger partial charge < -0.3 is 24.7 Å². The fraction of sp³-hybridized carbons (Fsp3) is 0.138. The number of carboxylic acids is 2. The van der Waals surface area contributed by atoms with Gasteiger partial charge in [-0.15, -0.1) is 0 Å². The quantitative estimate of drug-likeness (QED) is 0.172. The SMILES string of the molecule is O=C(O)C(F)(F)F.O=C(O)C(F)(F)F.c1ccc(COc2ccc(OCc3ccccn3)c(-c3nc4cccnc4[nH]3)c2)cc1. The number of alkyl halides is 6. The predicted octanol–water partition coefficient (Wildman–Crippen LogP) is 6.44. The second-order valence-electron chi connectivity index (χ2n) is 8.60. The average Bonchev–Trinajstić information content (AvgIpc) is 3.44. The summed E-state index contributed by atoms with van der Waals surface area (Å²) >= 11 is 0. The molecule has 3 N–H and O–H groups in total. The number of pyridine rings is 2. The van der Waals surface area contributed by atoms with Crippen molar-refractivity contribution in [2.24, 2.45) is 0 Å². The van der Waals surface area contributed by atoms with Crippen molar-refractivity contribution in [2.75, 3.05) is 0 Å². The van der Waals surface area contributed by atoms with Gasteiger partial charge in [0.2, 0.25) is 0 Å². The third-order valence-corrected chi connectivity index (χ3v) is 5.30. The molecule has 2 aromatic carbocycles. The summed E-state index contributed by atoms with van der Waals surface area (Å²) < 4.78 is 75.6. The van der Waals surface area contributed by atoms with E-state index < -0.39 is 24.3 Å². The van der Waals surface area contributed by atoms with Gasteiger partial charge in [0, 0.05) is 12.4 Å². The monoisotopic (exact) mass is 636 g/mol. The molecule has 0 atom stereocenters. The third kappa shape index (κ3) is 10.8. The van der Waals surface area contributed by atoms with Crippen LogP contribution in [-0.2, 0) is 22.8 Å². The molecule has 0 amide bonds. The fourth-order valence-electron chi connectivity index (χ4n) is 3.26. The lowest BCUT2D eigenvalue weighted by Gasteiger charge is -2.13. The summed E-state index contributed by atoms with van der Waals surface area (Å²) in [6, 6.07) is 25.4. The van der Waals surface area contributed by atoms with Crippen molar-refractivity contribution in [3.8, 4) is 22.9 Å². The van der Waals surface area contributed by atoms with Gasteiger partial charge in [-0.05, 0) is 48.0 Å². The van der Waals surface area contributed by atoms with Crippen molar-refractivity contribution in [2.45, 2.75) is 25.6 Å². The molecule has 0 bridgehead atoms. The topological polar surface area (TPSA) is 148 Å². The summed E-state index contributed by atoms with van der Waals surface area (Å²) in [5.41, 5.74) is 4.28. The van der Waals surface area contributed by atoms with E-state index in [4.69, 9.17) is 29.3 Å². The van der Waals surface area contributed by atoms with Gasteiger partial charge in [0.15, 0.2) is 5.65 Å². The zero-order valence-corrected chi connectivity index (χ0v) is 22.7. The molecular formula is C29H22F6N4O6. The van der Waals surface area contributed by atoms with Crippen LogP contribution in [0.3, 0.4) is 0 Å². The number of aliphatic carboxylic acids is 2. The highest BCUT2D eigenvalue weighted by molar-refractivity contribution is 5.78. The second kappa shape index (κ2) is 15.2. The Kier molecular flexibility index (Phi) is 11.4. The van der Waals surface area contributed by atoms with Crippen LogP contribution in [0.2, 0.25) is 0 Å². The van der Waals surface area contributed by atoms with Crippen LogP contribution in [0.15, 0.2) is 91.3 Å². The van der Waals surface area contributed by atoms with Gasteiger partial charge in [-0.3, -0.25) is 4.98 Å². The molecule has 0 radical (unpaired) electrons. The van der Waals surface area contributed by atoms with E-state index in [0.717, 1.165) is 33.7 Å². The molecule has 0 aliphatic heterocycles. The zero-order chi connectivity index (χ0) is 33.0. The molecular weight excluding hydrogens is 614 g/mol. The predicted molar refractivity (Wildman–Crippen MR) is 146 cm³/mol. The first-order valence-electron chi connectivity index (χ1n) is 12.5. The molecule has 3 aromatic heterocycles. The first-order chi connectivity index (χ1) is 21.2. The highest BCUT2D eigenvalue weighted by Gasteiger charge is 2.38. The Balaban J connectivity index is 0.000000331. The normalized spacial score (nSPS) is 11.0. The van der Waals surface area contributed by atoms with Crippen molar-refractivity contribution in [1.82, 2.24) is 19.9 Å². The van der Waals surface area contributed by atoms with Crippen LogP contribution in [0.5, 0.6) is 11.5 Å². The van der Waals surface area contributed by atoms with Crippen molar-refractivity contribution in [3.63, 3.8) is 0 Å². The van der Waals surface area contributed by atoms with Crippen LogP contribution in [0.1, 0.15) is 11.3 Å². The Morgan fingerprint density at radius 2 is 1.36 bits per heavy atom. The van der Waals surface area contributed by atoms with Gasteiger partial charge in [0.05, 0.1) is 11.3 Å². The lowest BCUT2D eigenvalue weighted by Crippen LogP contribution is -2.21. The molecule has 0 aliphatic carbocycles. The molecule has 0 fully saturated rings. The van der Waals surface area contributed by atoms with Gasteiger partial charge in [-0.1, -0.05) is 36.4 Å². The third-order valence-electron chi connectivity index (χ3n) is 5.30. The lowest BCUT2D eigenvalue weighted by molar-refractivity contribution is -0.193. The minimum absolute atomic E-state index is 0.358. The van der Waals surface area contributed by atoms with Gasteiger partial charge in [-0.25, -0.2) is 19.6 Å². The van der Waals surface area contributed by atoms with Crippen LogP contribution < -0.4 is 9.47 Å². The Hall–Kier alpha value is -5.67. The maximum absolute atomic E-state index is 10.6. The van der Waals surface area contributed by atoms with Gasteiger partial charge in [0.25, 0.3) is 0 Å². The minimum atomic E-state index is -5.08. The summed E-state index contributed by atoms with van der Waals surface area (Å²) in [5, 5.41) is 14.2. The molecule has 0 aliphatic rings. The zero-order valence-electron chi connectivity index (χ0n) is 22.7. The van der Waals surface area contributed by atoms with Crippen LogP contribution in [0.25, 0.3) is 22.6 Å². The first-order valence-corrected chi connectivity index (χ1v) is 12.5. The summed E-state index contributed by atoms with van der Waals surface area (Å²) in [7, 11) is 0. The number of hydrogen-bond donors (Lipinski definition) is 3. The number of carbonyl (C=O) groups is 2. The van der Waals surface area contributed by atoms with Crippen molar-refractivity contribution < 1.29 is 55.6 Å². The van der Waals surface area contributed by atoms with E-state index in [2.05, 4.69) is 19.9 Å². The van der Waals surface area contributed by atoms with Crippen molar-refractivity contribution in [3.05, 3.63) is 103 Å². The number of nitrogens with zero attached hydrogens (tertiary/aromatic N) is 3. The molecule has 5 rings (SSSR count). The second-order valence-corrected chi connectivity index (χ2v) is 8.60. The molecule has 0 unspecified atom stereocenters.